The van der Waals surface area contributed by atoms with Crippen molar-refractivity contribution in [3.63, 3.8) is 0 Å². The summed E-state index contributed by atoms with van der Waals surface area (Å²) < 4.78 is 33.8. The van der Waals surface area contributed by atoms with Crippen LogP contribution in [-0.4, -0.2) is 37.8 Å². The van der Waals surface area contributed by atoms with Crippen LogP contribution in [0.15, 0.2) is 71.9 Å². The molecule has 1 heterocycles. The number of rotatable bonds is 7. The van der Waals surface area contributed by atoms with Crippen molar-refractivity contribution in [1.29, 1.82) is 0 Å². The third-order valence-electron chi connectivity index (χ3n) is 4.01. The van der Waals surface area contributed by atoms with Crippen LogP contribution in [0.3, 0.4) is 0 Å². The maximum Gasteiger partial charge on any atom is 0.338 e. The van der Waals surface area contributed by atoms with Gasteiger partial charge in [0.05, 0.1) is 22.7 Å². The predicted molar refractivity (Wildman–Crippen MR) is 106 cm³/mol. The number of hydrogen-bond acceptors (Lipinski definition) is 5. The highest BCUT2D eigenvalue weighted by atomic mass is 35.5. The van der Waals surface area contributed by atoms with E-state index in [1.165, 1.54) is 31.3 Å². The predicted octanol–water partition coefficient (Wildman–Crippen LogP) is 3.22. The molecule has 7 nitrogen and oxygen atoms in total. The molecule has 2 aromatic carbocycles. The lowest BCUT2D eigenvalue weighted by atomic mass is 10.2. The molecule has 0 amide bonds. The first-order valence-electron chi connectivity index (χ1n) is 8.37. The molecule has 9 heteroatoms. The highest BCUT2D eigenvalue weighted by molar-refractivity contribution is 7.92. The first kappa shape index (κ1) is 19.9. The molecule has 0 aliphatic heterocycles. The minimum absolute atomic E-state index is 0.0171. The maximum absolute atomic E-state index is 12.9. The van der Waals surface area contributed by atoms with E-state index in [1.54, 1.807) is 47.4 Å². The second kappa shape index (κ2) is 8.45. The van der Waals surface area contributed by atoms with E-state index in [1.807, 2.05) is 0 Å². The Balaban J connectivity index is 1.74. The van der Waals surface area contributed by atoms with E-state index >= 15 is 0 Å². The Bertz CT molecular complexity index is 1070. The van der Waals surface area contributed by atoms with Gasteiger partial charge in [0.1, 0.15) is 6.61 Å². The van der Waals surface area contributed by atoms with Gasteiger partial charge in [0, 0.05) is 24.5 Å². The Morgan fingerprint density at radius 2 is 1.96 bits per heavy atom. The summed E-state index contributed by atoms with van der Waals surface area (Å²) in [7, 11) is -2.44. The fourth-order valence-corrected chi connectivity index (χ4v) is 3.92. The normalized spacial score (nSPS) is 11.2. The lowest BCUT2D eigenvalue weighted by Gasteiger charge is -2.20. The highest BCUT2D eigenvalue weighted by Crippen LogP contribution is 2.25. The van der Waals surface area contributed by atoms with Crippen molar-refractivity contribution in [1.82, 2.24) is 9.78 Å². The molecule has 146 valence electrons. The van der Waals surface area contributed by atoms with Gasteiger partial charge in [-0.2, -0.15) is 5.10 Å². The van der Waals surface area contributed by atoms with E-state index in [2.05, 4.69) is 5.10 Å². The first-order valence-corrected chi connectivity index (χ1v) is 10.2. The zero-order valence-corrected chi connectivity index (χ0v) is 16.6. The third-order valence-corrected chi connectivity index (χ3v) is 6.03. The topological polar surface area (TPSA) is 81.5 Å². The van der Waals surface area contributed by atoms with Gasteiger partial charge in [-0.15, -0.1) is 0 Å². The molecule has 0 saturated carbocycles. The summed E-state index contributed by atoms with van der Waals surface area (Å²) in [6.07, 6.45) is 3.39. The molecule has 0 fully saturated rings. The van der Waals surface area contributed by atoms with Gasteiger partial charge in [-0.25, -0.2) is 13.2 Å². The van der Waals surface area contributed by atoms with Gasteiger partial charge in [0.25, 0.3) is 10.0 Å². The monoisotopic (exact) mass is 419 g/mol. The van der Waals surface area contributed by atoms with Crippen LogP contribution >= 0.6 is 11.6 Å². The van der Waals surface area contributed by atoms with Crippen LogP contribution in [0.5, 0.6) is 0 Å². The number of carbonyl (C=O) groups excluding carboxylic acids is 1. The lowest BCUT2D eigenvalue weighted by Crippen LogP contribution is -2.26. The van der Waals surface area contributed by atoms with Gasteiger partial charge in [-0.3, -0.25) is 8.99 Å². The zero-order chi connectivity index (χ0) is 20.1. The Hall–Kier alpha value is -2.84. The number of sulfonamides is 1. The standard InChI is InChI=1S/C19H18ClN3O4S/c1-22(17-7-3-6-16(20)14-17)28(25,26)18-8-2-5-15(13-18)19(24)27-12-11-23-10-4-9-21-23/h2-10,13-14H,11-12H2,1H3. The molecule has 0 bridgehead atoms. The Morgan fingerprint density at radius 3 is 2.68 bits per heavy atom. The number of benzene rings is 2. The first-order chi connectivity index (χ1) is 13.4. The molecule has 0 saturated heterocycles. The molecule has 0 atom stereocenters. The van der Waals surface area contributed by atoms with Crippen LogP contribution in [0.2, 0.25) is 5.02 Å². The SMILES string of the molecule is CN(c1cccc(Cl)c1)S(=O)(=O)c1cccc(C(=O)OCCn2cccn2)c1. The van der Waals surface area contributed by atoms with Crippen molar-refractivity contribution in [2.24, 2.45) is 0 Å². The van der Waals surface area contributed by atoms with Crippen LogP contribution in [0, 0.1) is 0 Å². The van der Waals surface area contributed by atoms with Gasteiger partial charge >= 0.3 is 5.97 Å². The summed E-state index contributed by atoms with van der Waals surface area (Å²) in [5.41, 5.74) is 0.570. The van der Waals surface area contributed by atoms with Crippen LogP contribution in [0.4, 0.5) is 5.69 Å². The van der Waals surface area contributed by atoms with Gasteiger partial charge in [-0.1, -0.05) is 23.7 Å². The van der Waals surface area contributed by atoms with E-state index in [9.17, 15) is 13.2 Å². The van der Waals surface area contributed by atoms with E-state index in [0.717, 1.165) is 4.31 Å². The molecule has 28 heavy (non-hydrogen) atoms. The molecule has 1 aromatic heterocycles. The fraction of sp³-hybridized carbons (Fsp3) is 0.158. The van der Waals surface area contributed by atoms with Crippen LogP contribution in [0.1, 0.15) is 10.4 Å². The van der Waals surface area contributed by atoms with E-state index in [0.29, 0.717) is 17.3 Å². The number of aromatic nitrogens is 2. The summed E-state index contributed by atoms with van der Waals surface area (Å²) in [6.45, 7) is 0.536. The average Bonchev–Trinajstić information content (AvgIpc) is 3.21. The van der Waals surface area contributed by atoms with Crippen molar-refractivity contribution in [2.75, 3.05) is 18.0 Å². The number of carbonyl (C=O) groups is 1. The van der Waals surface area contributed by atoms with Crippen molar-refractivity contribution in [2.45, 2.75) is 11.4 Å². The van der Waals surface area contributed by atoms with Crippen LogP contribution < -0.4 is 4.31 Å². The van der Waals surface area contributed by atoms with Crippen LogP contribution in [-0.2, 0) is 21.3 Å². The minimum atomic E-state index is -3.87. The largest absolute Gasteiger partial charge is 0.460 e. The third kappa shape index (κ3) is 4.52. The van der Waals surface area contributed by atoms with Gasteiger partial charge in [0.15, 0.2) is 0 Å². The van der Waals surface area contributed by atoms with E-state index in [-0.39, 0.29) is 17.1 Å². The summed E-state index contributed by atoms with van der Waals surface area (Å²) in [5.74, 6) is -0.602. The molecule has 3 rings (SSSR count). The molecule has 0 N–H and O–H groups in total. The van der Waals surface area contributed by atoms with Crippen molar-refractivity contribution in [3.8, 4) is 0 Å². The maximum atomic E-state index is 12.9. The number of ether oxygens (including phenoxy) is 1. The van der Waals surface area contributed by atoms with E-state index in [4.69, 9.17) is 16.3 Å². The second-order valence-electron chi connectivity index (χ2n) is 5.89. The van der Waals surface area contributed by atoms with Gasteiger partial charge < -0.3 is 4.74 Å². The number of esters is 1. The van der Waals surface area contributed by atoms with Gasteiger partial charge in [-0.05, 0) is 42.5 Å². The number of hydrogen-bond donors (Lipinski definition) is 0. The molecule has 0 radical (unpaired) electrons. The summed E-state index contributed by atoms with van der Waals surface area (Å²) >= 11 is 5.95. The summed E-state index contributed by atoms with van der Waals surface area (Å²) in [6, 6.07) is 14.0. The van der Waals surface area contributed by atoms with Crippen molar-refractivity contribution >= 4 is 33.3 Å². The van der Waals surface area contributed by atoms with Gasteiger partial charge in [0.2, 0.25) is 0 Å². The van der Waals surface area contributed by atoms with Crippen molar-refractivity contribution < 1.29 is 17.9 Å². The molecule has 0 aliphatic carbocycles. The molecular weight excluding hydrogens is 402 g/mol. The van der Waals surface area contributed by atoms with E-state index < -0.39 is 16.0 Å². The molecule has 0 unspecified atom stereocenters. The smallest absolute Gasteiger partial charge is 0.338 e. The van der Waals surface area contributed by atoms with Crippen molar-refractivity contribution in [3.05, 3.63) is 77.6 Å². The number of nitrogens with zero attached hydrogens (tertiary/aromatic N) is 3. The number of halogens is 1. The number of anilines is 1. The Morgan fingerprint density at radius 1 is 1.18 bits per heavy atom. The quantitative estimate of drug-likeness (QED) is 0.549. The Labute approximate surface area is 168 Å². The zero-order valence-electron chi connectivity index (χ0n) is 15.0. The molecule has 0 aliphatic rings. The average molecular weight is 420 g/mol. The summed E-state index contributed by atoms with van der Waals surface area (Å²) in [5, 5.41) is 4.44. The molecule has 0 spiro atoms. The second-order valence-corrected chi connectivity index (χ2v) is 8.29. The van der Waals surface area contributed by atoms with Crippen LogP contribution in [0.25, 0.3) is 0 Å². The summed E-state index contributed by atoms with van der Waals surface area (Å²) in [4.78, 5) is 12.2. The highest BCUT2D eigenvalue weighted by Gasteiger charge is 2.23. The molecule has 3 aromatic rings. The Kier molecular flexibility index (Phi) is 6.01. The fourth-order valence-electron chi connectivity index (χ4n) is 2.50. The minimum Gasteiger partial charge on any atom is -0.460 e. The lowest BCUT2D eigenvalue weighted by molar-refractivity contribution is 0.0487. The molecular formula is C19H18ClN3O4S.